The molecule has 0 bridgehead atoms. The van der Waals surface area contributed by atoms with Crippen LogP contribution in [0.15, 0.2) is 4.99 Å². The summed E-state index contributed by atoms with van der Waals surface area (Å²) in [5, 5.41) is 0.188. The highest BCUT2D eigenvalue weighted by atomic mass is 35.5. The first-order valence-corrected chi connectivity index (χ1v) is 8.88. The number of thioether (sulfide) groups is 1. The zero-order chi connectivity index (χ0) is 16.1. The van der Waals surface area contributed by atoms with Gasteiger partial charge in [-0.25, -0.2) is 4.79 Å². The van der Waals surface area contributed by atoms with E-state index in [2.05, 4.69) is 4.99 Å². The largest absolute Gasteiger partial charge is 0.444 e. The normalized spacial score (nSPS) is 30.5. The minimum atomic E-state index is -0.492. The molecule has 1 saturated heterocycles. The van der Waals surface area contributed by atoms with Gasteiger partial charge in [-0.2, -0.15) is 0 Å². The van der Waals surface area contributed by atoms with Gasteiger partial charge in [0.05, 0.1) is 0 Å². The van der Waals surface area contributed by atoms with Crippen molar-refractivity contribution in [2.75, 3.05) is 13.1 Å². The molecule has 1 saturated carbocycles. The zero-order valence-corrected chi connectivity index (χ0v) is 14.7. The van der Waals surface area contributed by atoms with Gasteiger partial charge in [-0.3, -0.25) is 9.79 Å². The molecule has 0 aromatic carbocycles. The van der Waals surface area contributed by atoms with Gasteiger partial charge in [0.1, 0.15) is 11.6 Å². The monoisotopic (exact) mass is 344 g/mol. The molecular weight excluding hydrogens is 324 g/mol. The summed E-state index contributed by atoms with van der Waals surface area (Å²) in [5.74, 6) is 0.212. The van der Waals surface area contributed by atoms with Crippen molar-refractivity contribution in [3.8, 4) is 0 Å². The average Bonchev–Trinajstić information content (AvgIpc) is 2.86. The Morgan fingerprint density at radius 2 is 2.05 bits per heavy atom. The number of halogens is 1. The van der Waals surface area contributed by atoms with Crippen molar-refractivity contribution in [3.05, 3.63) is 0 Å². The van der Waals surface area contributed by atoms with Crippen molar-refractivity contribution >= 4 is 39.7 Å². The number of nitrogens with zero attached hydrogens (tertiary/aromatic N) is 2. The van der Waals surface area contributed by atoms with Crippen LogP contribution in [0.2, 0.25) is 0 Å². The fourth-order valence-corrected chi connectivity index (χ4v) is 5.08. The van der Waals surface area contributed by atoms with E-state index < -0.39 is 5.60 Å². The predicted octanol–water partition coefficient (Wildman–Crippen LogP) is 3.06. The number of Topliss-reactive ketones (excluding diaryl/α,β-unsaturated/α-hetero) is 1. The molecule has 3 aliphatic rings. The number of amides is 1. The number of likely N-dealkylation sites (tertiary alicyclic amines) is 1. The summed E-state index contributed by atoms with van der Waals surface area (Å²) in [7, 11) is 0. The molecule has 22 heavy (non-hydrogen) atoms. The molecule has 5 nitrogen and oxygen atoms in total. The van der Waals surface area contributed by atoms with Crippen molar-refractivity contribution < 1.29 is 14.3 Å². The second-order valence-electron chi connectivity index (χ2n) is 7.30. The quantitative estimate of drug-likeness (QED) is 0.677. The molecule has 0 aromatic heterocycles. The van der Waals surface area contributed by atoms with E-state index in [1.54, 1.807) is 4.90 Å². The Labute approximate surface area is 139 Å². The van der Waals surface area contributed by atoms with E-state index in [0.29, 0.717) is 30.4 Å². The molecule has 0 radical (unpaired) electrons. The molecule has 2 unspecified atom stereocenters. The Morgan fingerprint density at radius 3 is 2.59 bits per heavy atom. The summed E-state index contributed by atoms with van der Waals surface area (Å²) >= 11 is 7.44. The minimum absolute atomic E-state index is 0.188. The van der Waals surface area contributed by atoms with Crippen molar-refractivity contribution in [1.82, 2.24) is 4.90 Å². The van der Waals surface area contributed by atoms with Gasteiger partial charge in [-0.15, -0.1) is 0 Å². The second kappa shape index (κ2) is 5.41. The van der Waals surface area contributed by atoms with Crippen molar-refractivity contribution in [2.45, 2.75) is 56.9 Å². The third-order valence-electron chi connectivity index (χ3n) is 4.60. The van der Waals surface area contributed by atoms with E-state index in [0.717, 1.165) is 6.42 Å². The SMILES string of the molecule is CC(C)(C)OC(=O)N1CCC2(CC1)CC1SC(Cl)=NC1C2=O. The number of carbonyl (C=O) groups is 2. The fourth-order valence-electron chi connectivity index (χ4n) is 3.49. The smallest absolute Gasteiger partial charge is 0.410 e. The minimum Gasteiger partial charge on any atom is -0.444 e. The molecule has 7 heteroatoms. The summed E-state index contributed by atoms with van der Waals surface area (Å²) in [6.07, 6.45) is 1.93. The van der Waals surface area contributed by atoms with Gasteiger partial charge in [0.15, 0.2) is 10.3 Å². The number of hydrogen-bond donors (Lipinski definition) is 0. The first kappa shape index (κ1) is 16.1. The molecule has 1 amide bonds. The standard InChI is InChI=1S/C15H21ClN2O3S/c1-14(2,3)21-13(20)18-6-4-15(5-7-18)8-9-10(11(15)19)17-12(16)22-9/h9-10H,4-8H2,1-3H3. The molecular formula is C15H21ClN2O3S. The van der Waals surface area contributed by atoms with Gasteiger partial charge in [-0.1, -0.05) is 23.4 Å². The van der Waals surface area contributed by atoms with Crippen molar-refractivity contribution in [2.24, 2.45) is 10.4 Å². The number of ether oxygens (including phenoxy) is 1. The second-order valence-corrected chi connectivity index (χ2v) is 9.11. The molecule has 1 spiro atoms. The molecule has 2 atom stereocenters. The summed E-state index contributed by atoms with van der Waals surface area (Å²) in [6, 6.07) is -0.273. The lowest BCUT2D eigenvalue weighted by molar-refractivity contribution is -0.129. The number of fused-ring (bicyclic) bond motifs is 1. The fraction of sp³-hybridized carbons (Fsp3) is 0.800. The van der Waals surface area contributed by atoms with E-state index in [-0.39, 0.29) is 28.6 Å². The van der Waals surface area contributed by atoms with Crippen LogP contribution in [0.25, 0.3) is 0 Å². The topological polar surface area (TPSA) is 59.0 Å². The summed E-state index contributed by atoms with van der Waals surface area (Å²) in [6.45, 7) is 6.72. The molecule has 2 fully saturated rings. The maximum Gasteiger partial charge on any atom is 0.410 e. The number of ketones is 1. The third kappa shape index (κ3) is 2.87. The number of hydrogen-bond acceptors (Lipinski definition) is 5. The van der Waals surface area contributed by atoms with Crippen LogP contribution in [0.1, 0.15) is 40.0 Å². The van der Waals surface area contributed by atoms with Crippen LogP contribution in [0.5, 0.6) is 0 Å². The number of carbonyl (C=O) groups excluding carboxylic acids is 2. The van der Waals surface area contributed by atoms with Crippen LogP contribution < -0.4 is 0 Å². The molecule has 0 aromatic rings. The van der Waals surface area contributed by atoms with E-state index in [4.69, 9.17) is 16.3 Å². The summed E-state index contributed by atoms with van der Waals surface area (Å²) in [4.78, 5) is 30.8. The third-order valence-corrected chi connectivity index (χ3v) is 5.99. The molecule has 2 heterocycles. The number of piperidine rings is 1. The van der Waals surface area contributed by atoms with E-state index in [1.165, 1.54) is 11.8 Å². The predicted molar refractivity (Wildman–Crippen MR) is 87.6 cm³/mol. The number of aliphatic imine (C=N–C) groups is 1. The Morgan fingerprint density at radius 1 is 1.41 bits per heavy atom. The summed E-state index contributed by atoms with van der Waals surface area (Å²) in [5.41, 5.74) is -0.809. The Bertz CT molecular complexity index is 535. The first-order chi connectivity index (χ1) is 10.2. The first-order valence-electron chi connectivity index (χ1n) is 7.62. The van der Waals surface area contributed by atoms with Crippen molar-refractivity contribution in [1.29, 1.82) is 0 Å². The van der Waals surface area contributed by atoms with Gasteiger partial charge < -0.3 is 9.64 Å². The van der Waals surface area contributed by atoms with Crippen LogP contribution in [-0.4, -0.2) is 51.3 Å². The Hall–Kier alpha value is -0.750. The maximum absolute atomic E-state index is 12.7. The van der Waals surface area contributed by atoms with Gasteiger partial charge in [0.25, 0.3) is 0 Å². The van der Waals surface area contributed by atoms with E-state index >= 15 is 0 Å². The molecule has 1 aliphatic carbocycles. The van der Waals surface area contributed by atoms with Gasteiger partial charge in [-0.05, 0) is 40.0 Å². The molecule has 122 valence electrons. The zero-order valence-electron chi connectivity index (χ0n) is 13.1. The summed E-state index contributed by atoms with van der Waals surface area (Å²) < 4.78 is 5.91. The lowest BCUT2D eigenvalue weighted by Crippen LogP contribution is -2.47. The lowest BCUT2D eigenvalue weighted by Gasteiger charge is -2.38. The van der Waals surface area contributed by atoms with Gasteiger partial charge in [0.2, 0.25) is 0 Å². The van der Waals surface area contributed by atoms with E-state index in [9.17, 15) is 9.59 Å². The van der Waals surface area contributed by atoms with Crippen LogP contribution in [0.4, 0.5) is 4.79 Å². The average molecular weight is 345 g/mol. The van der Waals surface area contributed by atoms with Crippen LogP contribution >= 0.6 is 23.4 Å². The van der Waals surface area contributed by atoms with Crippen LogP contribution in [-0.2, 0) is 9.53 Å². The highest BCUT2D eigenvalue weighted by Gasteiger charge is 2.56. The lowest BCUT2D eigenvalue weighted by atomic mass is 9.76. The Balaban J connectivity index is 1.63. The highest BCUT2D eigenvalue weighted by molar-refractivity contribution is 8.17. The van der Waals surface area contributed by atoms with Crippen LogP contribution in [0, 0.1) is 5.41 Å². The number of rotatable bonds is 0. The van der Waals surface area contributed by atoms with Gasteiger partial charge in [0, 0.05) is 23.8 Å². The molecule has 0 N–H and O–H groups in total. The van der Waals surface area contributed by atoms with E-state index in [1.807, 2.05) is 20.8 Å². The van der Waals surface area contributed by atoms with Crippen LogP contribution in [0.3, 0.4) is 0 Å². The van der Waals surface area contributed by atoms with Crippen molar-refractivity contribution in [3.63, 3.8) is 0 Å². The van der Waals surface area contributed by atoms with Gasteiger partial charge >= 0.3 is 6.09 Å². The Kier molecular flexibility index (Phi) is 3.96. The molecule has 2 aliphatic heterocycles. The maximum atomic E-state index is 12.7. The molecule has 3 rings (SSSR count). The highest BCUT2D eigenvalue weighted by Crippen LogP contribution is 2.51.